The summed E-state index contributed by atoms with van der Waals surface area (Å²) in [4.78, 5) is -0.233. The summed E-state index contributed by atoms with van der Waals surface area (Å²) in [5.41, 5.74) is 2.94. The van der Waals surface area contributed by atoms with Gasteiger partial charge < -0.3 is 5.32 Å². The van der Waals surface area contributed by atoms with E-state index in [4.69, 9.17) is 0 Å². The molecule has 0 aliphatic rings. The number of nitrogens with one attached hydrogen (secondary N) is 2. The fourth-order valence-electron chi connectivity index (χ4n) is 3.16. The summed E-state index contributed by atoms with van der Waals surface area (Å²) in [6, 6.07) is 17.4. The van der Waals surface area contributed by atoms with Crippen molar-refractivity contribution in [2.45, 2.75) is 37.0 Å². The number of rotatable bonds is 8. The van der Waals surface area contributed by atoms with E-state index in [1.165, 1.54) is 30.3 Å². The third kappa shape index (κ3) is 6.94. The second kappa shape index (κ2) is 10.2. The monoisotopic (exact) mass is 474 g/mol. The van der Waals surface area contributed by atoms with Crippen molar-refractivity contribution in [1.29, 1.82) is 0 Å². The highest BCUT2D eigenvalue weighted by Gasteiger charge is 2.46. The van der Waals surface area contributed by atoms with Crippen LogP contribution in [0.2, 0.25) is 0 Å². The highest BCUT2D eigenvalue weighted by molar-refractivity contribution is 7.89. The Labute approximate surface area is 192 Å². The standard InChI is InChI=1S/C25H25F3N2O2S/c1-18-8-12-20(13-9-18)14-17-23(29-21-6-4-3-5-7-21)24(25(26,27)28)30-33(31,32)22-15-10-19(2)11-16-22/h3-17,23-24,29-30H,1-2H3/b17-14+/t23-,24+/m0/s1. The molecule has 0 amide bonds. The van der Waals surface area contributed by atoms with Crippen molar-refractivity contribution < 1.29 is 21.6 Å². The molecule has 0 aliphatic carbocycles. The highest BCUT2D eigenvalue weighted by atomic mass is 32.2. The van der Waals surface area contributed by atoms with Crippen LogP contribution < -0.4 is 10.0 Å². The molecule has 0 aromatic heterocycles. The highest BCUT2D eigenvalue weighted by Crippen LogP contribution is 2.27. The van der Waals surface area contributed by atoms with Crippen molar-refractivity contribution in [2.24, 2.45) is 0 Å². The number of sulfonamides is 1. The first-order chi connectivity index (χ1) is 15.5. The summed E-state index contributed by atoms with van der Waals surface area (Å²) < 4.78 is 70.0. The van der Waals surface area contributed by atoms with Gasteiger partial charge in [0.25, 0.3) is 0 Å². The molecular weight excluding hydrogens is 449 g/mol. The topological polar surface area (TPSA) is 58.2 Å². The van der Waals surface area contributed by atoms with Gasteiger partial charge in [-0.1, -0.05) is 77.9 Å². The van der Waals surface area contributed by atoms with Crippen LogP contribution in [0.25, 0.3) is 6.08 Å². The van der Waals surface area contributed by atoms with Crippen molar-refractivity contribution in [1.82, 2.24) is 4.72 Å². The van der Waals surface area contributed by atoms with Crippen LogP contribution in [0.4, 0.5) is 18.9 Å². The summed E-state index contributed by atoms with van der Waals surface area (Å²) in [7, 11) is -4.43. The second-order valence-electron chi connectivity index (χ2n) is 7.76. The molecule has 2 N–H and O–H groups in total. The fraction of sp³-hybridized carbons (Fsp3) is 0.200. The Hall–Kier alpha value is -3.10. The van der Waals surface area contributed by atoms with E-state index in [1.807, 2.05) is 23.8 Å². The number of para-hydroxylation sites is 1. The zero-order valence-corrected chi connectivity index (χ0v) is 19.0. The number of alkyl halides is 3. The summed E-state index contributed by atoms with van der Waals surface area (Å²) in [5, 5.41) is 2.82. The third-order valence-corrected chi connectivity index (χ3v) is 6.46. The van der Waals surface area contributed by atoms with Crippen molar-refractivity contribution in [3.63, 3.8) is 0 Å². The lowest BCUT2D eigenvalue weighted by atomic mass is 10.1. The van der Waals surface area contributed by atoms with Gasteiger partial charge in [-0.3, -0.25) is 0 Å². The number of aryl methyl sites for hydroxylation is 2. The Bertz CT molecular complexity index is 1180. The Balaban J connectivity index is 1.98. The number of hydrogen-bond donors (Lipinski definition) is 2. The third-order valence-electron chi connectivity index (χ3n) is 5.01. The van der Waals surface area contributed by atoms with Gasteiger partial charge in [-0.25, -0.2) is 8.42 Å². The first-order valence-corrected chi connectivity index (χ1v) is 11.7. The van der Waals surface area contributed by atoms with Crippen molar-refractivity contribution >= 4 is 21.8 Å². The SMILES string of the molecule is Cc1ccc(/C=C/[C@H](Nc2ccccc2)[C@@H](NS(=O)(=O)c2ccc(C)cc2)C(F)(F)F)cc1. The van der Waals surface area contributed by atoms with Crippen LogP contribution in [0.15, 0.2) is 89.8 Å². The molecule has 0 radical (unpaired) electrons. The van der Waals surface area contributed by atoms with Gasteiger partial charge in [0, 0.05) is 5.69 Å². The summed E-state index contributed by atoms with van der Waals surface area (Å²) in [5.74, 6) is 0. The predicted octanol–water partition coefficient (Wildman–Crippen LogP) is 5.71. The maximum Gasteiger partial charge on any atom is 0.407 e. The van der Waals surface area contributed by atoms with Crippen molar-refractivity contribution in [2.75, 3.05) is 5.32 Å². The first kappa shape index (κ1) is 24.5. The summed E-state index contributed by atoms with van der Waals surface area (Å²) in [6.07, 6.45) is -1.99. The van der Waals surface area contributed by atoms with E-state index in [2.05, 4.69) is 5.32 Å². The molecule has 0 bridgehead atoms. The Morgan fingerprint density at radius 3 is 1.91 bits per heavy atom. The van der Waals surface area contributed by atoms with Crippen LogP contribution in [0, 0.1) is 13.8 Å². The lowest BCUT2D eigenvalue weighted by Crippen LogP contribution is -2.54. The Kier molecular flexibility index (Phi) is 7.61. The molecule has 0 unspecified atom stereocenters. The molecule has 3 aromatic rings. The maximum absolute atomic E-state index is 14.2. The van der Waals surface area contributed by atoms with Crippen LogP contribution >= 0.6 is 0 Å². The molecule has 3 rings (SSSR count). The van der Waals surface area contributed by atoms with E-state index in [9.17, 15) is 21.6 Å². The number of benzene rings is 3. The molecule has 0 fully saturated rings. The van der Waals surface area contributed by atoms with Crippen LogP contribution in [-0.2, 0) is 10.0 Å². The summed E-state index contributed by atoms with van der Waals surface area (Å²) >= 11 is 0. The molecule has 33 heavy (non-hydrogen) atoms. The molecule has 0 heterocycles. The Morgan fingerprint density at radius 2 is 1.36 bits per heavy atom. The van der Waals surface area contributed by atoms with Gasteiger partial charge in [0.1, 0.15) is 6.04 Å². The molecule has 8 heteroatoms. The van der Waals surface area contributed by atoms with Crippen molar-refractivity contribution in [3.05, 3.63) is 102 Å². The summed E-state index contributed by atoms with van der Waals surface area (Å²) in [6.45, 7) is 3.67. The van der Waals surface area contributed by atoms with Crippen LogP contribution in [0.5, 0.6) is 0 Å². The smallest absolute Gasteiger partial charge is 0.377 e. The average Bonchev–Trinajstić information content (AvgIpc) is 2.76. The van der Waals surface area contributed by atoms with Crippen LogP contribution in [0.1, 0.15) is 16.7 Å². The molecule has 0 saturated carbocycles. The van der Waals surface area contributed by atoms with E-state index >= 15 is 0 Å². The van der Waals surface area contributed by atoms with Gasteiger partial charge in [-0.05, 0) is 43.7 Å². The van der Waals surface area contributed by atoms with E-state index in [0.717, 1.165) is 11.1 Å². The average molecular weight is 475 g/mol. The number of hydrogen-bond acceptors (Lipinski definition) is 3. The van der Waals surface area contributed by atoms with Crippen LogP contribution in [-0.4, -0.2) is 26.7 Å². The molecule has 0 spiro atoms. The van der Waals surface area contributed by atoms with Crippen LogP contribution in [0.3, 0.4) is 0 Å². The molecule has 4 nitrogen and oxygen atoms in total. The predicted molar refractivity (Wildman–Crippen MR) is 125 cm³/mol. The van der Waals surface area contributed by atoms with Gasteiger partial charge >= 0.3 is 6.18 Å². The largest absolute Gasteiger partial charge is 0.407 e. The molecule has 0 aliphatic heterocycles. The van der Waals surface area contributed by atoms with E-state index < -0.39 is 28.3 Å². The van der Waals surface area contributed by atoms with Gasteiger partial charge in [0.2, 0.25) is 10.0 Å². The first-order valence-electron chi connectivity index (χ1n) is 10.3. The van der Waals surface area contributed by atoms with Gasteiger partial charge in [-0.2, -0.15) is 17.9 Å². The quantitative estimate of drug-likeness (QED) is 0.440. The molecule has 3 aromatic carbocycles. The van der Waals surface area contributed by atoms with E-state index in [0.29, 0.717) is 11.3 Å². The molecule has 2 atom stereocenters. The van der Waals surface area contributed by atoms with Gasteiger partial charge in [-0.15, -0.1) is 0 Å². The minimum atomic E-state index is -4.86. The second-order valence-corrected chi connectivity index (χ2v) is 9.47. The molecular formula is C25H25F3N2O2S. The molecule has 0 saturated heterocycles. The minimum Gasteiger partial charge on any atom is -0.377 e. The normalized spacial score (nSPS) is 14.2. The van der Waals surface area contributed by atoms with Crippen molar-refractivity contribution in [3.8, 4) is 0 Å². The Morgan fingerprint density at radius 1 is 0.818 bits per heavy atom. The van der Waals surface area contributed by atoms with E-state index in [1.54, 1.807) is 55.5 Å². The van der Waals surface area contributed by atoms with Gasteiger partial charge in [0.05, 0.1) is 10.9 Å². The minimum absolute atomic E-state index is 0.233. The maximum atomic E-state index is 14.2. The zero-order valence-electron chi connectivity index (χ0n) is 18.2. The number of halogens is 3. The number of anilines is 1. The van der Waals surface area contributed by atoms with E-state index in [-0.39, 0.29) is 4.90 Å². The van der Waals surface area contributed by atoms with Gasteiger partial charge in [0.15, 0.2) is 0 Å². The fourth-order valence-corrected chi connectivity index (χ4v) is 4.40. The molecule has 174 valence electrons. The lowest BCUT2D eigenvalue weighted by molar-refractivity contribution is -0.152. The zero-order chi connectivity index (χ0) is 24.1. The lowest BCUT2D eigenvalue weighted by Gasteiger charge is -2.29.